The zero-order chi connectivity index (χ0) is 14.1. The van der Waals surface area contributed by atoms with Crippen LogP contribution in [0.25, 0.3) is 0 Å². The van der Waals surface area contributed by atoms with E-state index in [0.717, 1.165) is 5.75 Å². The van der Waals surface area contributed by atoms with Gasteiger partial charge in [0.15, 0.2) is 10.9 Å². The Bertz CT molecular complexity index is 500. The lowest BCUT2D eigenvalue weighted by molar-refractivity contribution is -0.274. The van der Waals surface area contributed by atoms with Crippen LogP contribution in [0.2, 0.25) is 0 Å². The molecule has 1 heterocycles. The highest BCUT2D eigenvalue weighted by atomic mass is 32.2. The fourth-order valence-corrected chi connectivity index (χ4v) is 2.60. The van der Waals surface area contributed by atoms with Crippen LogP contribution in [-0.4, -0.2) is 22.8 Å². The molecule has 0 saturated carbocycles. The van der Waals surface area contributed by atoms with Gasteiger partial charge in [-0.15, -0.1) is 13.2 Å². The van der Waals surface area contributed by atoms with Gasteiger partial charge in [0.05, 0.1) is 11.2 Å². The highest BCUT2D eigenvalue weighted by molar-refractivity contribution is 8.14. The molecule has 3 nitrogen and oxygen atoms in total. The molecule has 19 heavy (non-hydrogen) atoms. The number of ether oxygens (including phenoxy) is 1. The van der Waals surface area contributed by atoms with Crippen LogP contribution in [-0.2, 0) is 0 Å². The number of hydrogen-bond donors (Lipinski definition) is 1. The van der Waals surface area contributed by atoms with Gasteiger partial charge >= 0.3 is 6.36 Å². The first-order chi connectivity index (χ1) is 8.75. The van der Waals surface area contributed by atoms with E-state index < -0.39 is 6.36 Å². The molecule has 0 fully saturated rings. The molecule has 0 bridgehead atoms. The monoisotopic (exact) mass is 290 g/mol. The van der Waals surface area contributed by atoms with E-state index in [0.29, 0.717) is 5.17 Å². The van der Waals surface area contributed by atoms with E-state index in [1.165, 1.54) is 30.0 Å². The summed E-state index contributed by atoms with van der Waals surface area (Å²) in [5.74, 6) is 0.528. The summed E-state index contributed by atoms with van der Waals surface area (Å²) in [5, 5.41) is 3.48. The van der Waals surface area contributed by atoms with Crippen LogP contribution in [0.3, 0.4) is 0 Å². The van der Waals surface area contributed by atoms with E-state index in [4.69, 9.17) is 0 Å². The Balaban J connectivity index is 2.17. The number of alkyl halides is 3. The third-order valence-electron chi connectivity index (χ3n) is 2.32. The molecule has 0 aromatic heterocycles. The Morgan fingerprint density at radius 1 is 1.32 bits per heavy atom. The van der Waals surface area contributed by atoms with Crippen molar-refractivity contribution < 1.29 is 17.9 Å². The standard InChI is InChI=1S/C12H13F3N2OS/c1-11(2)7-19-10(17-11)16-8-5-3-4-6-9(8)18-12(13,14)15/h3-6H,7H2,1-2H3,(H,16,17). The number of para-hydroxylation sites is 2. The number of aliphatic imine (C=N–C) groups is 1. The van der Waals surface area contributed by atoms with Crippen molar-refractivity contribution in [2.75, 3.05) is 11.1 Å². The lowest BCUT2D eigenvalue weighted by Crippen LogP contribution is -2.19. The quantitative estimate of drug-likeness (QED) is 0.897. The second-order valence-electron chi connectivity index (χ2n) is 4.69. The van der Waals surface area contributed by atoms with Crippen LogP contribution in [0.15, 0.2) is 29.3 Å². The average Bonchev–Trinajstić information content (AvgIpc) is 2.59. The number of benzene rings is 1. The minimum atomic E-state index is -4.71. The maximum absolute atomic E-state index is 12.3. The number of nitrogens with zero attached hydrogens (tertiary/aromatic N) is 1. The summed E-state index contributed by atoms with van der Waals surface area (Å²) in [6, 6.07) is 5.91. The average molecular weight is 290 g/mol. The van der Waals surface area contributed by atoms with Crippen molar-refractivity contribution in [3.8, 4) is 5.75 Å². The van der Waals surface area contributed by atoms with Crippen molar-refractivity contribution >= 4 is 22.6 Å². The Labute approximate surface area is 113 Å². The lowest BCUT2D eigenvalue weighted by atomic mass is 10.1. The molecule has 0 spiro atoms. The highest BCUT2D eigenvalue weighted by Gasteiger charge is 2.32. The summed E-state index contributed by atoms with van der Waals surface area (Å²) in [6.45, 7) is 3.93. The lowest BCUT2D eigenvalue weighted by Gasteiger charge is -2.14. The Kier molecular flexibility index (Phi) is 3.66. The van der Waals surface area contributed by atoms with Crippen LogP contribution < -0.4 is 10.1 Å². The van der Waals surface area contributed by atoms with Gasteiger partial charge in [0.2, 0.25) is 0 Å². The summed E-state index contributed by atoms with van der Waals surface area (Å²) in [7, 11) is 0. The first-order valence-corrected chi connectivity index (χ1v) is 6.58. The van der Waals surface area contributed by atoms with Crippen LogP contribution in [0.5, 0.6) is 5.75 Å². The van der Waals surface area contributed by atoms with E-state index in [9.17, 15) is 13.2 Å². The van der Waals surface area contributed by atoms with Crippen LogP contribution in [0, 0.1) is 0 Å². The van der Waals surface area contributed by atoms with Crippen molar-refractivity contribution in [3.05, 3.63) is 24.3 Å². The SMILES string of the molecule is CC1(C)CSC(Nc2ccccc2OC(F)(F)F)=N1. The molecule has 0 saturated heterocycles. The number of amidine groups is 1. The Morgan fingerprint density at radius 3 is 2.58 bits per heavy atom. The summed E-state index contributed by atoms with van der Waals surface area (Å²) in [5.41, 5.74) is 0.0519. The number of rotatable bonds is 2. The minimum Gasteiger partial charge on any atom is -0.404 e. The molecule has 0 atom stereocenters. The third kappa shape index (κ3) is 4.05. The van der Waals surface area contributed by atoms with Crippen LogP contribution in [0.1, 0.15) is 13.8 Å². The van der Waals surface area contributed by atoms with Gasteiger partial charge in [-0.3, -0.25) is 4.99 Å². The second-order valence-corrected chi connectivity index (χ2v) is 5.65. The Morgan fingerprint density at radius 2 is 2.00 bits per heavy atom. The minimum absolute atomic E-state index is 0.202. The first-order valence-electron chi connectivity index (χ1n) is 5.60. The van der Waals surface area contributed by atoms with Crippen molar-refractivity contribution in [3.63, 3.8) is 0 Å². The molecule has 0 unspecified atom stereocenters. The predicted octanol–water partition coefficient (Wildman–Crippen LogP) is 3.88. The molecular formula is C12H13F3N2OS. The van der Waals surface area contributed by atoms with E-state index in [-0.39, 0.29) is 17.0 Å². The zero-order valence-corrected chi connectivity index (χ0v) is 11.2. The van der Waals surface area contributed by atoms with E-state index in [1.54, 1.807) is 6.07 Å². The maximum atomic E-state index is 12.3. The van der Waals surface area contributed by atoms with Crippen molar-refractivity contribution in [2.45, 2.75) is 25.7 Å². The van der Waals surface area contributed by atoms with Gasteiger partial charge < -0.3 is 10.1 Å². The van der Waals surface area contributed by atoms with Gasteiger partial charge in [0.1, 0.15) is 0 Å². The summed E-state index contributed by atoms with van der Waals surface area (Å²) < 4.78 is 40.8. The number of hydrogen-bond acceptors (Lipinski definition) is 4. The molecule has 104 valence electrons. The summed E-state index contributed by atoms with van der Waals surface area (Å²) in [6.07, 6.45) is -4.71. The van der Waals surface area contributed by atoms with E-state index in [2.05, 4.69) is 15.0 Å². The third-order valence-corrected chi connectivity index (χ3v) is 3.64. The topological polar surface area (TPSA) is 33.6 Å². The predicted molar refractivity (Wildman–Crippen MR) is 70.7 cm³/mol. The molecule has 1 N–H and O–H groups in total. The van der Waals surface area contributed by atoms with Gasteiger partial charge in [0.25, 0.3) is 0 Å². The zero-order valence-electron chi connectivity index (χ0n) is 10.4. The number of nitrogens with one attached hydrogen (secondary N) is 1. The normalized spacial score (nSPS) is 18.1. The van der Waals surface area contributed by atoms with Gasteiger partial charge in [-0.05, 0) is 26.0 Å². The fourth-order valence-electron chi connectivity index (χ4n) is 1.55. The molecule has 7 heteroatoms. The molecule has 2 rings (SSSR count). The van der Waals surface area contributed by atoms with Gasteiger partial charge in [-0.25, -0.2) is 0 Å². The summed E-state index contributed by atoms with van der Waals surface area (Å²) in [4.78, 5) is 4.38. The molecule has 1 aromatic carbocycles. The fraction of sp³-hybridized carbons (Fsp3) is 0.417. The number of anilines is 1. The smallest absolute Gasteiger partial charge is 0.404 e. The van der Waals surface area contributed by atoms with E-state index >= 15 is 0 Å². The number of thioether (sulfide) groups is 1. The molecule has 1 aliphatic rings. The van der Waals surface area contributed by atoms with Gasteiger partial charge in [-0.2, -0.15) is 0 Å². The van der Waals surface area contributed by atoms with E-state index in [1.807, 2.05) is 13.8 Å². The van der Waals surface area contributed by atoms with Crippen molar-refractivity contribution in [1.82, 2.24) is 0 Å². The molecule has 1 aliphatic heterocycles. The molecular weight excluding hydrogens is 277 g/mol. The Hall–Kier alpha value is -1.37. The maximum Gasteiger partial charge on any atom is 0.573 e. The molecule has 0 radical (unpaired) electrons. The van der Waals surface area contributed by atoms with Crippen molar-refractivity contribution in [1.29, 1.82) is 0 Å². The summed E-state index contributed by atoms with van der Waals surface area (Å²) >= 11 is 1.47. The van der Waals surface area contributed by atoms with Crippen molar-refractivity contribution in [2.24, 2.45) is 4.99 Å². The second kappa shape index (κ2) is 4.96. The number of halogens is 3. The molecule has 0 aliphatic carbocycles. The molecule has 1 aromatic rings. The largest absolute Gasteiger partial charge is 0.573 e. The van der Waals surface area contributed by atoms with Crippen LogP contribution in [0.4, 0.5) is 18.9 Å². The molecule has 0 amide bonds. The first kappa shape index (κ1) is 14.0. The highest BCUT2D eigenvalue weighted by Crippen LogP contribution is 2.33. The van der Waals surface area contributed by atoms with Gasteiger partial charge in [-0.1, -0.05) is 23.9 Å². The van der Waals surface area contributed by atoms with Crippen LogP contribution >= 0.6 is 11.8 Å². The van der Waals surface area contributed by atoms with Gasteiger partial charge in [0, 0.05) is 5.75 Å².